The smallest absolute Gasteiger partial charge is 0.294 e. The van der Waals surface area contributed by atoms with Crippen molar-refractivity contribution in [2.24, 2.45) is 0 Å². The number of amides is 3. The number of ether oxygens (including phenoxy) is 3. The van der Waals surface area contributed by atoms with E-state index < -0.39 is 28.5 Å². The minimum absolute atomic E-state index is 0.0761. The number of nitrogens with zero attached hydrogens (tertiary/aromatic N) is 3. The van der Waals surface area contributed by atoms with Crippen LogP contribution in [0.2, 0.25) is 0 Å². The number of imide groups is 1. The topological polar surface area (TPSA) is 141 Å². The van der Waals surface area contributed by atoms with E-state index in [1.54, 1.807) is 24.3 Å². The molecule has 0 spiro atoms. The summed E-state index contributed by atoms with van der Waals surface area (Å²) in [6, 6.07) is 9.30. The van der Waals surface area contributed by atoms with Crippen LogP contribution in [-0.4, -0.2) is 72.9 Å². The highest BCUT2D eigenvalue weighted by Gasteiger charge is 2.36. The number of hydrogen-bond acceptors (Lipinski definition) is 10. The van der Waals surface area contributed by atoms with E-state index in [0.29, 0.717) is 79.7 Å². The van der Waals surface area contributed by atoms with Crippen LogP contribution in [0.4, 0.5) is 21.9 Å². The Morgan fingerprint density at radius 1 is 1.05 bits per heavy atom. The predicted molar refractivity (Wildman–Crippen MR) is 135 cm³/mol. The number of non-ortho nitro benzene ring substituents is 1. The molecule has 0 aliphatic carbocycles. The Hall–Kier alpha value is -4.10. The molecular formula is C24H22N4O8S. The summed E-state index contributed by atoms with van der Waals surface area (Å²) in [5, 5.41) is 13.4. The van der Waals surface area contributed by atoms with Crippen LogP contribution in [0.3, 0.4) is 0 Å². The molecule has 0 unspecified atom stereocenters. The molecule has 3 aliphatic heterocycles. The van der Waals surface area contributed by atoms with E-state index in [0.717, 1.165) is 4.90 Å². The molecule has 0 saturated carbocycles. The Labute approximate surface area is 215 Å². The average Bonchev–Trinajstić information content (AvgIpc) is 3.16. The quantitative estimate of drug-likeness (QED) is 0.339. The third-order valence-electron chi connectivity index (χ3n) is 5.86. The van der Waals surface area contributed by atoms with Gasteiger partial charge in [0.05, 0.1) is 23.0 Å². The monoisotopic (exact) mass is 526 g/mol. The molecule has 0 bridgehead atoms. The number of nitro benzene ring substituents is 1. The highest BCUT2D eigenvalue weighted by atomic mass is 32.2. The standard InChI is InChI=1S/C24H22N4O8S/c29-22(25-16-1-4-19-20(13-16)36-10-9-35-19)14-27-23(30)21(37-24(27)31)12-15-11-17(28(32)33)2-3-18(15)26-5-7-34-8-6-26/h1-4,11-13H,5-10,14H2,(H,25,29)/b21-12-. The predicted octanol–water partition coefficient (Wildman–Crippen LogP) is 2.88. The normalized spacial score (nSPS) is 18.3. The van der Waals surface area contributed by atoms with Crippen molar-refractivity contribution >= 4 is 52.0 Å². The molecule has 3 amide bonds. The van der Waals surface area contributed by atoms with Crippen LogP contribution in [0.5, 0.6) is 11.5 Å². The fraction of sp³-hybridized carbons (Fsp3) is 0.292. The van der Waals surface area contributed by atoms with Crippen LogP contribution in [0.1, 0.15) is 5.56 Å². The number of morpholine rings is 1. The largest absolute Gasteiger partial charge is 0.486 e. The number of carbonyl (C=O) groups is 3. The zero-order chi connectivity index (χ0) is 25.9. The Bertz CT molecular complexity index is 1310. The van der Waals surface area contributed by atoms with Gasteiger partial charge in [0.1, 0.15) is 19.8 Å². The third-order valence-corrected chi connectivity index (χ3v) is 6.77. The first-order valence-electron chi connectivity index (χ1n) is 11.4. The van der Waals surface area contributed by atoms with Crippen molar-refractivity contribution in [2.75, 3.05) is 56.3 Å². The van der Waals surface area contributed by atoms with E-state index in [1.807, 2.05) is 4.90 Å². The van der Waals surface area contributed by atoms with Gasteiger partial charge in [-0.05, 0) is 36.0 Å². The van der Waals surface area contributed by atoms with Crippen LogP contribution in [0.15, 0.2) is 41.3 Å². The Morgan fingerprint density at radius 2 is 1.81 bits per heavy atom. The van der Waals surface area contributed by atoms with Gasteiger partial charge >= 0.3 is 0 Å². The van der Waals surface area contributed by atoms with Gasteiger partial charge in [-0.3, -0.25) is 29.4 Å². The summed E-state index contributed by atoms with van der Waals surface area (Å²) in [6.07, 6.45) is 1.46. The highest BCUT2D eigenvalue weighted by molar-refractivity contribution is 8.18. The van der Waals surface area contributed by atoms with Gasteiger partial charge in [0.15, 0.2) is 11.5 Å². The lowest BCUT2D eigenvalue weighted by molar-refractivity contribution is -0.384. The molecule has 2 saturated heterocycles. The summed E-state index contributed by atoms with van der Waals surface area (Å²) in [7, 11) is 0. The van der Waals surface area contributed by atoms with Crippen LogP contribution in [-0.2, 0) is 14.3 Å². The molecule has 2 fully saturated rings. The second-order valence-corrected chi connectivity index (χ2v) is 9.27. The molecule has 192 valence electrons. The van der Waals surface area contributed by atoms with Gasteiger partial charge in [-0.1, -0.05) is 0 Å². The Morgan fingerprint density at radius 3 is 2.57 bits per heavy atom. The highest BCUT2D eigenvalue weighted by Crippen LogP contribution is 2.36. The Kier molecular flexibility index (Phi) is 6.97. The van der Waals surface area contributed by atoms with Gasteiger partial charge in [0.2, 0.25) is 5.91 Å². The van der Waals surface area contributed by atoms with E-state index in [4.69, 9.17) is 14.2 Å². The molecule has 3 aliphatic rings. The molecule has 0 aromatic heterocycles. The molecule has 2 aromatic carbocycles. The fourth-order valence-electron chi connectivity index (χ4n) is 4.11. The van der Waals surface area contributed by atoms with E-state index in [2.05, 4.69) is 5.32 Å². The van der Waals surface area contributed by atoms with Crippen molar-refractivity contribution in [1.29, 1.82) is 0 Å². The molecule has 2 aromatic rings. The lowest BCUT2D eigenvalue weighted by Gasteiger charge is -2.30. The summed E-state index contributed by atoms with van der Waals surface area (Å²) < 4.78 is 16.3. The lowest BCUT2D eigenvalue weighted by Crippen LogP contribution is -2.36. The fourth-order valence-corrected chi connectivity index (χ4v) is 4.94. The number of carbonyl (C=O) groups excluding carboxylic acids is 3. The van der Waals surface area contributed by atoms with Crippen molar-refractivity contribution in [2.45, 2.75) is 0 Å². The summed E-state index contributed by atoms with van der Waals surface area (Å²) in [6.45, 7) is 2.53. The molecule has 0 radical (unpaired) electrons. The molecule has 1 N–H and O–H groups in total. The maximum Gasteiger partial charge on any atom is 0.294 e. The molecule has 13 heteroatoms. The maximum absolute atomic E-state index is 13.0. The van der Waals surface area contributed by atoms with Gasteiger partial charge < -0.3 is 24.4 Å². The zero-order valence-electron chi connectivity index (χ0n) is 19.5. The molecule has 3 heterocycles. The first-order chi connectivity index (χ1) is 17.9. The molecule has 5 rings (SSSR count). The summed E-state index contributed by atoms with van der Waals surface area (Å²) in [4.78, 5) is 52.0. The molecule has 0 atom stereocenters. The lowest BCUT2D eigenvalue weighted by atomic mass is 10.1. The van der Waals surface area contributed by atoms with Crippen molar-refractivity contribution in [1.82, 2.24) is 4.90 Å². The first kappa shape index (κ1) is 24.6. The van der Waals surface area contributed by atoms with E-state index >= 15 is 0 Å². The number of nitro groups is 1. The SMILES string of the molecule is O=C(CN1C(=O)S/C(=C\c2cc([N+](=O)[O-])ccc2N2CCOCC2)C1=O)Nc1ccc2c(c1)OCCO2. The number of rotatable bonds is 6. The number of thioether (sulfide) groups is 1. The third kappa shape index (κ3) is 5.37. The molecule has 12 nitrogen and oxygen atoms in total. The van der Waals surface area contributed by atoms with Crippen LogP contribution < -0.4 is 19.7 Å². The van der Waals surface area contributed by atoms with E-state index in [-0.39, 0.29) is 10.6 Å². The minimum atomic E-state index is -0.647. The van der Waals surface area contributed by atoms with Crippen LogP contribution in [0.25, 0.3) is 6.08 Å². The average molecular weight is 527 g/mol. The number of anilines is 2. The number of fused-ring (bicyclic) bond motifs is 1. The summed E-state index contributed by atoms with van der Waals surface area (Å²) >= 11 is 0.682. The summed E-state index contributed by atoms with van der Waals surface area (Å²) in [5.74, 6) is -0.152. The second-order valence-electron chi connectivity index (χ2n) is 8.27. The van der Waals surface area contributed by atoms with Crippen molar-refractivity contribution in [3.05, 3.63) is 57.0 Å². The van der Waals surface area contributed by atoms with Crippen molar-refractivity contribution in [3.8, 4) is 11.5 Å². The van der Waals surface area contributed by atoms with Gasteiger partial charge in [-0.15, -0.1) is 0 Å². The van der Waals surface area contributed by atoms with E-state index in [9.17, 15) is 24.5 Å². The van der Waals surface area contributed by atoms with Gasteiger partial charge in [-0.25, -0.2) is 0 Å². The molecule has 37 heavy (non-hydrogen) atoms. The minimum Gasteiger partial charge on any atom is -0.486 e. The van der Waals surface area contributed by atoms with Crippen LogP contribution >= 0.6 is 11.8 Å². The zero-order valence-corrected chi connectivity index (χ0v) is 20.3. The van der Waals surface area contributed by atoms with E-state index in [1.165, 1.54) is 18.2 Å². The van der Waals surface area contributed by atoms with Gasteiger partial charge in [-0.2, -0.15) is 0 Å². The van der Waals surface area contributed by atoms with Crippen molar-refractivity contribution < 1.29 is 33.5 Å². The summed E-state index contributed by atoms with van der Waals surface area (Å²) in [5.41, 5.74) is 1.42. The maximum atomic E-state index is 13.0. The number of benzene rings is 2. The Balaban J connectivity index is 1.33. The van der Waals surface area contributed by atoms with Crippen LogP contribution in [0, 0.1) is 10.1 Å². The van der Waals surface area contributed by atoms with Crippen molar-refractivity contribution in [3.63, 3.8) is 0 Å². The number of nitrogens with one attached hydrogen (secondary N) is 1. The molecular weight excluding hydrogens is 504 g/mol. The van der Waals surface area contributed by atoms with Gasteiger partial charge in [0.25, 0.3) is 16.8 Å². The second kappa shape index (κ2) is 10.5. The van der Waals surface area contributed by atoms with Gasteiger partial charge in [0, 0.05) is 48.2 Å². The number of hydrogen-bond donors (Lipinski definition) is 1. The first-order valence-corrected chi connectivity index (χ1v) is 12.3.